The van der Waals surface area contributed by atoms with E-state index in [4.69, 9.17) is 0 Å². The number of hydrogen-bond donors (Lipinski definition) is 1. The average Bonchev–Trinajstić information content (AvgIpc) is 3.08. The number of hydrogen-bond acceptors (Lipinski definition) is 1. The number of rotatable bonds is 4. The molecule has 1 N–H and O–H groups in total. The zero-order chi connectivity index (χ0) is 21.3. The minimum Gasteiger partial charge on any atom is -0.424 e. The Morgan fingerprint density at radius 2 is 0.677 bits per heavy atom. The van der Waals surface area contributed by atoms with Gasteiger partial charge in [-0.05, 0) is 50.3 Å². The maximum Gasteiger partial charge on any atom is 0.251 e. The molecule has 0 fully saturated rings. The van der Waals surface area contributed by atoms with Gasteiger partial charge in [-0.3, -0.25) is 0 Å². The molecule has 0 aromatic heterocycles. The molecule has 1 aliphatic heterocycles. The van der Waals surface area contributed by atoms with E-state index in [9.17, 15) is 4.80 Å². The summed E-state index contributed by atoms with van der Waals surface area (Å²) in [6, 6.07) is 41.7. The molecule has 2 heteroatoms. The topological polar surface area (TPSA) is 20.2 Å². The van der Waals surface area contributed by atoms with Gasteiger partial charge in [0.25, 0.3) is 8.32 Å². The zero-order valence-corrected chi connectivity index (χ0v) is 18.5. The second-order valence-corrected chi connectivity index (χ2v) is 11.2. The Morgan fingerprint density at radius 1 is 0.419 bits per heavy atom. The third kappa shape index (κ3) is 3.40. The molecule has 0 saturated heterocycles. The Kier molecular flexibility index (Phi) is 5.03. The monoisotopic (exact) mass is 416 g/mol. The highest BCUT2D eigenvalue weighted by atomic mass is 28.4. The number of allylic oxidation sites excluding steroid dienone is 2. The summed E-state index contributed by atoms with van der Waals surface area (Å²) in [4.78, 5) is 12.3. The minimum atomic E-state index is -3.01. The molecule has 4 aromatic rings. The summed E-state index contributed by atoms with van der Waals surface area (Å²) < 4.78 is 0. The van der Waals surface area contributed by atoms with Crippen LogP contribution in [0.4, 0.5) is 0 Å². The van der Waals surface area contributed by atoms with Gasteiger partial charge in [0.1, 0.15) is 0 Å². The first-order valence-electron chi connectivity index (χ1n) is 10.6. The predicted octanol–water partition coefficient (Wildman–Crippen LogP) is 6.87. The molecule has 0 spiro atoms. The van der Waals surface area contributed by atoms with Gasteiger partial charge in [-0.25, -0.2) is 0 Å². The Morgan fingerprint density at radius 3 is 0.968 bits per heavy atom. The average molecular weight is 417 g/mol. The van der Waals surface area contributed by atoms with Crippen molar-refractivity contribution in [3.8, 4) is 0 Å². The van der Waals surface area contributed by atoms with Gasteiger partial charge >= 0.3 is 0 Å². The van der Waals surface area contributed by atoms with Gasteiger partial charge in [0.15, 0.2) is 0 Å². The molecule has 0 amide bonds. The van der Waals surface area contributed by atoms with E-state index in [1.54, 1.807) is 0 Å². The van der Waals surface area contributed by atoms with Gasteiger partial charge in [-0.15, -0.1) is 0 Å². The summed E-state index contributed by atoms with van der Waals surface area (Å²) in [7, 11) is -3.01. The summed E-state index contributed by atoms with van der Waals surface area (Å²) in [6.07, 6.45) is 0. The lowest BCUT2D eigenvalue weighted by Gasteiger charge is -2.24. The SMILES string of the molecule is C[Si]1(O)C(c2ccccc2)=C(c2ccccc2)C(c2ccccc2)=C1c1ccccc1. The van der Waals surface area contributed by atoms with Crippen molar-refractivity contribution < 1.29 is 4.80 Å². The van der Waals surface area contributed by atoms with Crippen LogP contribution in [0, 0.1) is 0 Å². The molecule has 5 rings (SSSR count). The molecule has 1 heterocycles. The molecule has 150 valence electrons. The van der Waals surface area contributed by atoms with E-state index in [0.717, 1.165) is 43.8 Å². The first-order valence-corrected chi connectivity index (χ1v) is 13.1. The Labute approximate surface area is 184 Å². The molecule has 0 radical (unpaired) electrons. The molecule has 0 unspecified atom stereocenters. The van der Waals surface area contributed by atoms with Crippen molar-refractivity contribution in [1.29, 1.82) is 0 Å². The van der Waals surface area contributed by atoms with Gasteiger partial charge in [0, 0.05) is 0 Å². The van der Waals surface area contributed by atoms with Crippen LogP contribution in [0.2, 0.25) is 6.55 Å². The van der Waals surface area contributed by atoms with Crippen LogP contribution in [0.5, 0.6) is 0 Å². The van der Waals surface area contributed by atoms with Gasteiger partial charge < -0.3 is 4.80 Å². The maximum atomic E-state index is 12.3. The van der Waals surface area contributed by atoms with Crippen molar-refractivity contribution in [3.05, 3.63) is 144 Å². The fourth-order valence-corrected chi connectivity index (χ4v) is 7.93. The van der Waals surface area contributed by atoms with Crippen molar-refractivity contribution >= 4 is 29.9 Å². The standard InChI is InChI=1S/C29H24OSi/c1-31(30)28(24-18-10-4-11-19-24)26(22-14-6-2-7-15-22)27(23-16-8-3-9-17-23)29(31)25-20-12-5-13-21-25/h2-21,30H,1H3. The Hall–Kier alpha value is -3.46. The molecule has 0 aliphatic carbocycles. The van der Waals surface area contributed by atoms with E-state index in [1.807, 2.05) is 24.3 Å². The quantitative estimate of drug-likeness (QED) is 0.360. The van der Waals surface area contributed by atoms with E-state index in [-0.39, 0.29) is 0 Å². The Balaban J connectivity index is 1.92. The second kappa shape index (κ2) is 7.99. The van der Waals surface area contributed by atoms with E-state index in [2.05, 4.69) is 104 Å². The van der Waals surface area contributed by atoms with Crippen LogP contribution in [0.3, 0.4) is 0 Å². The minimum absolute atomic E-state index is 1.08. The molecule has 1 nitrogen and oxygen atoms in total. The first-order chi connectivity index (χ1) is 15.2. The van der Waals surface area contributed by atoms with Crippen LogP contribution < -0.4 is 0 Å². The number of benzene rings is 4. The summed E-state index contributed by atoms with van der Waals surface area (Å²) in [5.41, 5.74) is 6.76. The lowest BCUT2D eigenvalue weighted by atomic mass is 9.89. The Bertz CT molecular complexity index is 1150. The van der Waals surface area contributed by atoms with Crippen LogP contribution in [0.1, 0.15) is 22.3 Å². The normalized spacial score (nSPS) is 15.4. The fraction of sp³-hybridized carbons (Fsp3) is 0.0345. The fourth-order valence-electron chi connectivity index (χ4n) is 4.71. The van der Waals surface area contributed by atoms with Crippen molar-refractivity contribution in [1.82, 2.24) is 0 Å². The van der Waals surface area contributed by atoms with Crippen molar-refractivity contribution in [2.75, 3.05) is 0 Å². The summed E-state index contributed by atoms with van der Waals surface area (Å²) in [6.45, 7) is 2.07. The van der Waals surface area contributed by atoms with Crippen LogP contribution >= 0.6 is 0 Å². The molecule has 31 heavy (non-hydrogen) atoms. The highest BCUT2D eigenvalue weighted by molar-refractivity contribution is 7.09. The third-order valence-electron chi connectivity index (χ3n) is 5.97. The van der Waals surface area contributed by atoms with Crippen molar-refractivity contribution in [2.45, 2.75) is 6.55 Å². The largest absolute Gasteiger partial charge is 0.424 e. The molecule has 0 bridgehead atoms. The molecular formula is C29H24OSi. The predicted molar refractivity (Wildman–Crippen MR) is 133 cm³/mol. The summed E-state index contributed by atoms with van der Waals surface area (Å²) in [5.74, 6) is 0. The molecule has 0 atom stereocenters. The van der Waals surface area contributed by atoms with Crippen molar-refractivity contribution in [2.24, 2.45) is 0 Å². The lowest BCUT2D eigenvalue weighted by Crippen LogP contribution is -2.33. The van der Waals surface area contributed by atoms with Crippen LogP contribution in [-0.4, -0.2) is 13.1 Å². The maximum absolute atomic E-state index is 12.3. The van der Waals surface area contributed by atoms with Crippen LogP contribution in [0.15, 0.2) is 121 Å². The van der Waals surface area contributed by atoms with Gasteiger partial charge in [-0.1, -0.05) is 121 Å². The van der Waals surface area contributed by atoms with Crippen LogP contribution in [-0.2, 0) is 0 Å². The molecule has 1 aliphatic rings. The molecule has 0 saturated carbocycles. The van der Waals surface area contributed by atoms with E-state index < -0.39 is 8.32 Å². The second-order valence-electron chi connectivity index (χ2n) is 8.04. The van der Waals surface area contributed by atoms with E-state index >= 15 is 0 Å². The van der Waals surface area contributed by atoms with Gasteiger partial charge in [-0.2, -0.15) is 0 Å². The molecule has 4 aromatic carbocycles. The smallest absolute Gasteiger partial charge is 0.251 e. The van der Waals surface area contributed by atoms with Gasteiger partial charge in [0.2, 0.25) is 0 Å². The lowest BCUT2D eigenvalue weighted by molar-refractivity contribution is 0.579. The highest BCUT2D eigenvalue weighted by Gasteiger charge is 2.46. The van der Waals surface area contributed by atoms with Gasteiger partial charge in [0.05, 0.1) is 0 Å². The van der Waals surface area contributed by atoms with Crippen LogP contribution in [0.25, 0.3) is 21.5 Å². The molecular weight excluding hydrogens is 392 g/mol. The first kappa shape index (κ1) is 19.5. The summed E-state index contributed by atoms with van der Waals surface area (Å²) >= 11 is 0. The van der Waals surface area contributed by atoms with Crippen molar-refractivity contribution in [3.63, 3.8) is 0 Å². The van der Waals surface area contributed by atoms with E-state index in [0.29, 0.717) is 0 Å². The summed E-state index contributed by atoms with van der Waals surface area (Å²) in [5, 5.41) is 2.16. The zero-order valence-electron chi connectivity index (χ0n) is 17.5. The highest BCUT2D eigenvalue weighted by Crippen LogP contribution is 2.54. The third-order valence-corrected chi connectivity index (χ3v) is 9.00. The van der Waals surface area contributed by atoms with E-state index in [1.165, 1.54) is 0 Å².